The fourth-order valence-corrected chi connectivity index (χ4v) is 2.55. The molecule has 0 saturated carbocycles. The third-order valence-corrected chi connectivity index (χ3v) is 3.77. The van der Waals surface area contributed by atoms with Gasteiger partial charge in [0, 0.05) is 24.1 Å². The van der Waals surface area contributed by atoms with Gasteiger partial charge in [-0.25, -0.2) is 0 Å². The monoisotopic (exact) mass is 319 g/mol. The molecule has 2 rings (SSSR count). The lowest BCUT2D eigenvalue weighted by atomic mass is 10.1. The quantitative estimate of drug-likeness (QED) is 0.851. The number of aliphatic hydroxyl groups is 1. The highest BCUT2D eigenvalue weighted by atomic mass is 35.5. The van der Waals surface area contributed by atoms with Crippen LogP contribution in [0.4, 0.5) is 0 Å². The number of nitrogens with one attached hydrogen (secondary N) is 1. The van der Waals surface area contributed by atoms with Gasteiger partial charge in [-0.05, 0) is 40.6 Å². The molecule has 0 fully saturated rings. The molecule has 21 heavy (non-hydrogen) atoms. The Labute approximate surface area is 132 Å². The van der Waals surface area contributed by atoms with E-state index in [9.17, 15) is 4.79 Å². The van der Waals surface area contributed by atoms with E-state index < -0.39 is 0 Å². The van der Waals surface area contributed by atoms with Crippen LogP contribution < -0.4 is 5.32 Å². The van der Waals surface area contributed by atoms with Crippen molar-refractivity contribution in [3.05, 3.63) is 56.7 Å². The van der Waals surface area contributed by atoms with Crippen molar-refractivity contribution in [1.29, 1.82) is 0 Å². The molecule has 5 heteroatoms. The zero-order valence-corrected chi connectivity index (χ0v) is 12.8. The fourth-order valence-electron chi connectivity index (χ4n) is 1.65. The molecule has 1 amide bonds. The summed E-state index contributed by atoms with van der Waals surface area (Å²) in [6.07, 6.45) is 0.402. The van der Waals surface area contributed by atoms with Crippen LogP contribution in [0.15, 0.2) is 35.0 Å². The number of hydrogen-bond donors (Lipinski definition) is 2. The van der Waals surface area contributed by atoms with Crippen LogP contribution >= 0.6 is 22.9 Å². The van der Waals surface area contributed by atoms with Gasteiger partial charge in [-0.1, -0.05) is 23.4 Å². The van der Waals surface area contributed by atoms with Crippen molar-refractivity contribution >= 4 is 28.8 Å². The SMILES string of the molecule is O=C(NCc1ccsc1)c1ccc(C#CCCO)c(Cl)c1. The summed E-state index contributed by atoms with van der Waals surface area (Å²) in [5.41, 5.74) is 2.23. The van der Waals surface area contributed by atoms with Gasteiger partial charge in [0.1, 0.15) is 0 Å². The van der Waals surface area contributed by atoms with Crippen molar-refractivity contribution in [2.24, 2.45) is 0 Å². The van der Waals surface area contributed by atoms with Crippen molar-refractivity contribution in [2.45, 2.75) is 13.0 Å². The van der Waals surface area contributed by atoms with Crippen molar-refractivity contribution < 1.29 is 9.90 Å². The second-order valence-corrected chi connectivity index (χ2v) is 5.47. The molecule has 3 nitrogen and oxygen atoms in total. The summed E-state index contributed by atoms with van der Waals surface area (Å²) in [6, 6.07) is 6.98. The van der Waals surface area contributed by atoms with E-state index in [1.54, 1.807) is 29.5 Å². The largest absolute Gasteiger partial charge is 0.395 e. The number of carbonyl (C=O) groups is 1. The van der Waals surface area contributed by atoms with Crippen LogP contribution in [-0.2, 0) is 6.54 Å². The third kappa shape index (κ3) is 4.61. The molecule has 0 aliphatic rings. The molecule has 2 N–H and O–H groups in total. The molecule has 0 atom stereocenters. The van der Waals surface area contributed by atoms with Crippen molar-refractivity contribution in [2.75, 3.05) is 6.61 Å². The predicted octanol–water partition coefficient (Wildman–Crippen LogP) is 3.07. The van der Waals surface area contributed by atoms with E-state index in [2.05, 4.69) is 17.2 Å². The van der Waals surface area contributed by atoms with Gasteiger partial charge in [-0.3, -0.25) is 4.79 Å². The summed E-state index contributed by atoms with van der Waals surface area (Å²) in [4.78, 5) is 12.0. The van der Waals surface area contributed by atoms with Crippen molar-refractivity contribution in [1.82, 2.24) is 5.32 Å². The highest BCUT2D eigenvalue weighted by Crippen LogP contribution is 2.17. The summed E-state index contributed by atoms with van der Waals surface area (Å²) in [6.45, 7) is 0.520. The normalized spacial score (nSPS) is 9.81. The van der Waals surface area contributed by atoms with Gasteiger partial charge >= 0.3 is 0 Å². The second kappa shape index (κ2) is 7.84. The van der Waals surface area contributed by atoms with Crippen LogP contribution in [0.3, 0.4) is 0 Å². The van der Waals surface area contributed by atoms with E-state index in [-0.39, 0.29) is 12.5 Å². The lowest BCUT2D eigenvalue weighted by Gasteiger charge is -2.05. The van der Waals surface area contributed by atoms with Crippen LogP contribution in [0, 0.1) is 11.8 Å². The van der Waals surface area contributed by atoms with Gasteiger partial charge in [0.25, 0.3) is 5.91 Å². The van der Waals surface area contributed by atoms with Crippen LogP contribution in [0.1, 0.15) is 27.9 Å². The van der Waals surface area contributed by atoms with Gasteiger partial charge in [0.05, 0.1) is 11.6 Å². The predicted molar refractivity (Wildman–Crippen MR) is 85.5 cm³/mol. The first kappa shape index (κ1) is 15.6. The minimum absolute atomic E-state index is 0.0215. The number of hydrogen-bond acceptors (Lipinski definition) is 3. The summed E-state index contributed by atoms with van der Waals surface area (Å²) >= 11 is 7.70. The first-order chi connectivity index (χ1) is 10.2. The molecule has 2 aromatic rings. The number of thiophene rings is 1. The van der Waals surface area contributed by atoms with Gasteiger partial charge in [0.15, 0.2) is 0 Å². The van der Waals surface area contributed by atoms with Gasteiger partial charge in [-0.2, -0.15) is 11.3 Å². The molecule has 0 radical (unpaired) electrons. The van der Waals surface area contributed by atoms with Crippen molar-refractivity contribution in [3.8, 4) is 11.8 Å². The number of rotatable bonds is 4. The molecule has 1 heterocycles. The molecule has 0 unspecified atom stereocenters. The smallest absolute Gasteiger partial charge is 0.251 e. The molecule has 0 aliphatic heterocycles. The third-order valence-electron chi connectivity index (χ3n) is 2.72. The lowest BCUT2D eigenvalue weighted by Crippen LogP contribution is -2.22. The Hall–Kier alpha value is -1.80. The lowest BCUT2D eigenvalue weighted by molar-refractivity contribution is 0.0951. The molecule has 0 bridgehead atoms. The maximum Gasteiger partial charge on any atom is 0.251 e. The van der Waals surface area contributed by atoms with Gasteiger partial charge in [-0.15, -0.1) is 0 Å². The topological polar surface area (TPSA) is 49.3 Å². The number of halogens is 1. The fraction of sp³-hybridized carbons (Fsp3) is 0.188. The van der Waals surface area contributed by atoms with E-state index in [1.807, 2.05) is 16.8 Å². The van der Waals surface area contributed by atoms with Gasteiger partial charge in [0.2, 0.25) is 0 Å². The molecule has 108 valence electrons. The summed E-state index contributed by atoms with van der Waals surface area (Å²) in [7, 11) is 0. The van der Waals surface area contributed by atoms with E-state index in [0.29, 0.717) is 29.1 Å². The Balaban J connectivity index is 2.02. The van der Waals surface area contributed by atoms with Crippen LogP contribution in [0.5, 0.6) is 0 Å². The molecular formula is C16H14ClNO2S. The number of aliphatic hydroxyl groups excluding tert-OH is 1. The zero-order valence-electron chi connectivity index (χ0n) is 11.2. The molecule has 0 aliphatic carbocycles. The maximum absolute atomic E-state index is 12.0. The van der Waals surface area contributed by atoms with Crippen molar-refractivity contribution in [3.63, 3.8) is 0 Å². The first-order valence-corrected chi connectivity index (χ1v) is 7.71. The average molecular weight is 320 g/mol. The second-order valence-electron chi connectivity index (χ2n) is 4.28. The van der Waals surface area contributed by atoms with Gasteiger partial charge < -0.3 is 10.4 Å². The number of carbonyl (C=O) groups excluding carboxylic acids is 1. The number of benzene rings is 1. The highest BCUT2D eigenvalue weighted by Gasteiger charge is 2.08. The minimum Gasteiger partial charge on any atom is -0.395 e. The highest BCUT2D eigenvalue weighted by molar-refractivity contribution is 7.07. The van der Waals surface area contributed by atoms with Crippen LogP contribution in [0.25, 0.3) is 0 Å². The number of amides is 1. The maximum atomic E-state index is 12.0. The average Bonchev–Trinajstić information content (AvgIpc) is 3.00. The molecule has 1 aromatic heterocycles. The Morgan fingerprint density at radius 3 is 2.90 bits per heavy atom. The Morgan fingerprint density at radius 2 is 2.24 bits per heavy atom. The minimum atomic E-state index is -0.169. The van der Waals surface area contributed by atoms with E-state index in [1.165, 1.54) is 0 Å². The van der Waals surface area contributed by atoms with E-state index in [0.717, 1.165) is 5.56 Å². The molecular weight excluding hydrogens is 306 g/mol. The van der Waals surface area contributed by atoms with Crippen LogP contribution in [-0.4, -0.2) is 17.6 Å². The summed E-state index contributed by atoms with van der Waals surface area (Å²) in [5.74, 6) is 5.49. The molecule has 1 aromatic carbocycles. The van der Waals surface area contributed by atoms with E-state index >= 15 is 0 Å². The van der Waals surface area contributed by atoms with Crippen LogP contribution in [0.2, 0.25) is 5.02 Å². The summed E-state index contributed by atoms with van der Waals surface area (Å²) < 4.78 is 0. The standard InChI is InChI=1S/C16H14ClNO2S/c17-15-9-14(5-4-13(15)3-1-2-7-19)16(20)18-10-12-6-8-21-11-12/h4-6,8-9,11,19H,2,7,10H2,(H,18,20). The van der Waals surface area contributed by atoms with E-state index in [4.69, 9.17) is 16.7 Å². The summed E-state index contributed by atoms with van der Waals surface area (Å²) in [5, 5.41) is 15.9. The molecule has 0 saturated heterocycles. The zero-order chi connectivity index (χ0) is 15.1. The Kier molecular flexibility index (Phi) is 5.82. The Bertz CT molecular complexity index is 671. The molecule has 0 spiro atoms. The Morgan fingerprint density at radius 1 is 1.38 bits per heavy atom. The first-order valence-electron chi connectivity index (χ1n) is 6.39.